The third-order valence-corrected chi connectivity index (χ3v) is 4.32. The summed E-state index contributed by atoms with van der Waals surface area (Å²) >= 11 is 0. The molecule has 0 bridgehead atoms. The highest BCUT2D eigenvalue weighted by molar-refractivity contribution is 6.03. The topological polar surface area (TPSA) is 159 Å². The number of pyridine rings is 1. The standard InChI is InChI=1S/C20H22N6O4/c1-11(27)17(12-6-4-3-5-7-12)26-20(28)25-15-8-13(21)16(19(22)29-2)18(24-15)14-9-23-10-30-14/h3-11,17,22,27H,1-2H3,(H4,21,24,25,26,28). The zero-order valence-electron chi connectivity index (χ0n) is 16.4. The predicted octanol–water partition coefficient (Wildman–Crippen LogP) is 2.53. The highest BCUT2D eigenvalue weighted by Gasteiger charge is 2.22. The van der Waals surface area contributed by atoms with Gasteiger partial charge in [0.2, 0.25) is 5.90 Å². The lowest BCUT2D eigenvalue weighted by Crippen LogP contribution is -2.38. The number of nitrogens with zero attached hydrogens (tertiary/aromatic N) is 2. The molecule has 0 fully saturated rings. The molecule has 0 saturated carbocycles. The molecule has 0 aliphatic carbocycles. The smallest absolute Gasteiger partial charge is 0.320 e. The fourth-order valence-corrected chi connectivity index (χ4v) is 2.92. The molecule has 1 aromatic carbocycles. The lowest BCUT2D eigenvalue weighted by atomic mass is 10.0. The summed E-state index contributed by atoms with van der Waals surface area (Å²) in [5.74, 6) is 0.177. The number of aliphatic hydroxyl groups is 1. The van der Waals surface area contributed by atoms with Crippen LogP contribution in [0.1, 0.15) is 24.1 Å². The Morgan fingerprint density at radius 3 is 2.67 bits per heavy atom. The van der Waals surface area contributed by atoms with Gasteiger partial charge in [0.25, 0.3) is 0 Å². The van der Waals surface area contributed by atoms with Gasteiger partial charge in [0, 0.05) is 6.07 Å². The molecule has 3 rings (SSSR count). The summed E-state index contributed by atoms with van der Waals surface area (Å²) in [6.07, 6.45) is 1.80. The maximum Gasteiger partial charge on any atom is 0.320 e. The number of hydrogen-bond acceptors (Lipinski definition) is 8. The Hall–Kier alpha value is -3.92. The van der Waals surface area contributed by atoms with Crippen molar-refractivity contribution in [3.63, 3.8) is 0 Å². The number of carbonyl (C=O) groups excluding carboxylic acids is 1. The third kappa shape index (κ3) is 4.55. The van der Waals surface area contributed by atoms with E-state index in [2.05, 4.69) is 20.6 Å². The fourth-order valence-electron chi connectivity index (χ4n) is 2.92. The molecule has 2 atom stereocenters. The molecule has 10 heteroatoms. The molecule has 2 amide bonds. The van der Waals surface area contributed by atoms with Crippen LogP contribution in [0.3, 0.4) is 0 Å². The number of nitrogen functional groups attached to an aromatic ring is 1. The van der Waals surface area contributed by atoms with Gasteiger partial charge in [-0.2, -0.15) is 0 Å². The Bertz CT molecular complexity index is 1020. The van der Waals surface area contributed by atoms with Crippen LogP contribution in [-0.2, 0) is 4.74 Å². The van der Waals surface area contributed by atoms with Gasteiger partial charge >= 0.3 is 6.03 Å². The zero-order chi connectivity index (χ0) is 21.7. The molecule has 156 valence electrons. The van der Waals surface area contributed by atoms with Gasteiger partial charge in [0.1, 0.15) is 11.5 Å². The molecular formula is C20H22N6O4. The fraction of sp³-hybridized carbons (Fsp3) is 0.200. The first kappa shape index (κ1) is 20.8. The minimum Gasteiger partial charge on any atom is -0.481 e. The molecule has 0 saturated heterocycles. The number of aliphatic hydroxyl groups excluding tert-OH is 1. The number of nitrogens with two attached hydrogens (primary N) is 1. The van der Waals surface area contributed by atoms with E-state index < -0.39 is 18.2 Å². The van der Waals surface area contributed by atoms with Crippen LogP contribution in [0.15, 0.2) is 53.4 Å². The zero-order valence-corrected chi connectivity index (χ0v) is 16.4. The van der Waals surface area contributed by atoms with Crippen molar-refractivity contribution < 1.29 is 19.1 Å². The first-order valence-corrected chi connectivity index (χ1v) is 9.03. The molecule has 0 aliphatic heterocycles. The van der Waals surface area contributed by atoms with Crippen molar-refractivity contribution in [2.75, 3.05) is 18.2 Å². The van der Waals surface area contributed by atoms with Crippen LogP contribution >= 0.6 is 0 Å². The molecule has 2 heterocycles. The van der Waals surface area contributed by atoms with Gasteiger partial charge in [-0.1, -0.05) is 30.3 Å². The first-order chi connectivity index (χ1) is 14.4. The van der Waals surface area contributed by atoms with Gasteiger partial charge in [0.15, 0.2) is 12.2 Å². The van der Waals surface area contributed by atoms with Gasteiger partial charge < -0.3 is 25.3 Å². The average molecular weight is 410 g/mol. The molecule has 10 nitrogen and oxygen atoms in total. The van der Waals surface area contributed by atoms with Gasteiger partial charge in [-0.25, -0.2) is 14.8 Å². The summed E-state index contributed by atoms with van der Waals surface area (Å²) in [6, 6.07) is 9.29. The van der Waals surface area contributed by atoms with Crippen molar-refractivity contribution in [2.24, 2.45) is 0 Å². The van der Waals surface area contributed by atoms with Crippen molar-refractivity contribution in [1.29, 1.82) is 5.41 Å². The van der Waals surface area contributed by atoms with Crippen molar-refractivity contribution in [3.05, 3.63) is 60.1 Å². The number of amides is 2. The second-order valence-corrected chi connectivity index (χ2v) is 6.45. The van der Waals surface area contributed by atoms with Crippen LogP contribution in [0.25, 0.3) is 11.5 Å². The number of methoxy groups -OCH3 is 1. The molecule has 0 radical (unpaired) electrons. The maximum absolute atomic E-state index is 12.6. The van der Waals surface area contributed by atoms with E-state index in [4.69, 9.17) is 20.3 Å². The molecule has 2 aromatic heterocycles. The summed E-state index contributed by atoms with van der Waals surface area (Å²) in [4.78, 5) is 20.8. The van der Waals surface area contributed by atoms with Crippen LogP contribution in [0.5, 0.6) is 0 Å². The number of oxazole rings is 1. The minimum atomic E-state index is -0.828. The van der Waals surface area contributed by atoms with Crippen LogP contribution in [0, 0.1) is 5.41 Å². The number of urea groups is 1. The van der Waals surface area contributed by atoms with E-state index in [0.29, 0.717) is 0 Å². The quantitative estimate of drug-likeness (QED) is 0.308. The van der Waals surface area contributed by atoms with Gasteiger partial charge in [0.05, 0.1) is 36.7 Å². The van der Waals surface area contributed by atoms with Crippen LogP contribution in [0.4, 0.5) is 16.3 Å². The van der Waals surface area contributed by atoms with E-state index in [0.717, 1.165) is 5.56 Å². The molecule has 6 N–H and O–H groups in total. The SMILES string of the molecule is COC(=N)c1c(N)cc(NC(=O)NC(c2ccccc2)C(C)O)nc1-c1cnco1. The summed E-state index contributed by atoms with van der Waals surface area (Å²) < 4.78 is 10.3. The van der Waals surface area contributed by atoms with Crippen molar-refractivity contribution in [2.45, 2.75) is 19.1 Å². The number of aromatic nitrogens is 2. The lowest BCUT2D eigenvalue weighted by molar-refractivity contribution is 0.148. The summed E-state index contributed by atoms with van der Waals surface area (Å²) in [5, 5.41) is 23.4. The Morgan fingerprint density at radius 1 is 1.33 bits per heavy atom. The van der Waals surface area contributed by atoms with Crippen LogP contribution < -0.4 is 16.4 Å². The largest absolute Gasteiger partial charge is 0.481 e. The third-order valence-electron chi connectivity index (χ3n) is 4.32. The highest BCUT2D eigenvalue weighted by atomic mass is 16.5. The Morgan fingerprint density at radius 2 is 2.07 bits per heavy atom. The van der Waals surface area contributed by atoms with Crippen LogP contribution in [0.2, 0.25) is 0 Å². The summed E-state index contributed by atoms with van der Waals surface area (Å²) in [7, 11) is 1.34. The van der Waals surface area contributed by atoms with Gasteiger partial charge in [-0.05, 0) is 12.5 Å². The minimum absolute atomic E-state index is 0.126. The number of nitrogens with one attached hydrogen (secondary N) is 3. The molecule has 0 aliphatic rings. The first-order valence-electron chi connectivity index (χ1n) is 9.03. The van der Waals surface area contributed by atoms with Crippen molar-refractivity contribution in [1.82, 2.24) is 15.3 Å². The number of rotatable bonds is 6. The van der Waals surface area contributed by atoms with Gasteiger partial charge in [-0.15, -0.1) is 0 Å². The van der Waals surface area contributed by atoms with E-state index in [1.165, 1.54) is 25.8 Å². The molecule has 0 spiro atoms. The summed E-state index contributed by atoms with van der Waals surface area (Å²) in [5.41, 5.74) is 7.41. The van der Waals surface area contributed by atoms with E-state index in [9.17, 15) is 9.90 Å². The van der Waals surface area contributed by atoms with E-state index in [1.807, 2.05) is 18.2 Å². The van der Waals surface area contributed by atoms with E-state index in [1.54, 1.807) is 19.1 Å². The van der Waals surface area contributed by atoms with Gasteiger partial charge in [-0.3, -0.25) is 10.7 Å². The lowest BCUT2D eigenvalue weighted by Gasteiger charge is -2.22. The Balaban J connectivity index is 1.87. The van der Waals surface area contributed by atoms with Crippen LogP contribution in [-0.4, -0.2) is 40.2 Å². The monoisotopic (exact) mass is 410 g/mol. The number of anilines is 2. The molecule has 30 heavy (non-hydrogen) atoms. The predicted molar refractivity (Wildman–Crippen MR) is 111 cm³/mol. The Labute approximate surface area is 172 Å². The second-order valence-electron chi connectivity index (χ2n) is 6.45. The number of hydrogen-bond donors (Lipinski definition) is 5. The normalized spacial score (nSPS) is 12.6. The van der Waals surface area contributed by atoms with E-state index >= 15 is 0 Å². The molecule has 2 unspecified atom stereocenters. The summed E-state index contributed by atoms with van der Waals surface area (Å²) in [6.45, 7) is 1.58. The highest BCUT2D eigenvalue weighted by Crippen LogP contribution is 2.29. The van der Waals surface area contributed by atoms with E-state index in [-0.39, 0.29) is 34.4 Å². The number of carbonyl (C=O) groups is 1. The maximum atomic E-state index is 12.6. The Kier molecular flexibility index (Phi) is 6.28. The second kappa shape index (κ2) is 9.05. The number of benzene rings is 1. The molecule has 3 aromatic rings. The van der Waals surface area contributed by atoms with Crippen molar-refractivity contribution in [3.8, 4) is 11.5 Å². The average Bonchev–Trinajstić information content (AvgIpc) is 3.26. The van der Waals surface area contributed by atoms with Crippen molar-refractivity contribution >= 4 is 23.4 Å². The molecular weight excluding hydrogens is 388 g/mol. The number of ether oxygens (including phenoxy) is 1.